The Morgan fingerprint density at radius 2 is 1.81 bits per heavy atom. The SMILES string of the molecule is Cc1ccc(/C=C2/SC(=S)N(CCCC(=O)Nc3cccc4ccccc34)C2=O)cc1. The van der Waals surface area contributed by atoms with Gasteiger partial charge in [-0.3, -0.25) is 14.5 Å². The summed E-state index contributed by atoms with van der Waals surface area (Å²) >= 11 is 6.71. The van der Waals surface area contributed by atoms with Gasteiger partial charge >= 0.3 is 0 Å². The molecule has 0 aliphatic carbocycles. The summed E-state index contributed by atoms with van der Waals surface area (Å²) in [7, 11) is 0. The normalized spacial score (nSPS) is 15.1. The number of carbonyl (C=O) groups excluding carboxylic acids is 2. The molecule has 31 heavy (non-hydrogen) atoms. The van der Waals surface area contributed by atoms with Gasteiger partial charge in [0, 0.05) is 24.0 Å². The summed E-state index contributed by atoms with van der Waals surface area (Å²) in [5.41, 5.74) is 2.95. The van der Waals surface area contributed by atoms with Gasteiger partial charge in [-0.1, -0.05) is 90.2 Å². The number of hydrogen-bond donors (Lipinski definition) is 1. The molecule has 1 fully saturated rings. The fourth-order valence-electron chi connectivity index (χ4n) is 3.45. The summed E-state index contributed by atoms with van der Waals surface area (Å²) in [5, 5.41) is 5.08. The van der Waals surface area contributed by atoms with Crippen LogP contribution in [-0.4, -0.2) is 27.6 Å². The number of rotatable bonds is 6. The second kappa shape index (κ2) is 9.45. The molecular formula is C25H22N2O2S2. The van der Waals surface area contributed by atoms with Crippen LogP contribution in [0.5, 0.6) is 0 Å². The maximum atomic E-state index is 12.7. The number of carbonyl (C=O) groups is 2. The average Bonchev–Trinajstić information content (AvgIpc) is 3.03. The smallest absolute Gasteiger partial charge is 0.266 e. The highest BCUT2D eigenvalue weighted by Crippen LogP contribution is 2.32. The molecule has 4 nitrogen and oxygen atoms in total. The molecule has 6 heteroatoms. The predicted molar refractivity (Wildman–Crippen MR) is 133 cm³/mol. The molecule has 0 bridgehead atoms. The molecule has 1 N–H and O–H groups in total. The zero-order valence-electron chi connectivity index (χ0n) is 17.1. The number of aryl methyl sites for hydroxylation is 1. The number of benzene rings is 3. The first kappa shape index (κ1) is 21.3. The van der Waals surface area contributed by atoms with Crippen molar-refractivity contribution in [2.45, 2.75) is 19.8 Å². The van der Waals surface area contributed by atoms with Crippen molar-refractivity contribution in [1.82, 2.24) is 4.90 Å². The van der Waals surface area contributed by atoms with Crippen LogP contribution < -0.4 is 5.32 Å². The van der Waals surface area contributed by atoms with Crippen LogP contribution in [0.1, 0.15) is 24.0 Å². The van der Waals surface area contributed by atoms with E-state index in [0.717, 1.165) is 22.0 Å². The molecule has 1 aliphatic heterocycles. The van der Waals surface area contributed by atoms with E-state index >= 15 is 0 Å². The number of anilines is 1. The molecule has 1 heterocycles. The minimum absolute atomic E-state index is 0.0722. The van der Waals surface area contributed by atoms with Crippen LogP contribution in [0.3, 0.4) is 0 Å². The molecule has 0 unspecified atom stereocenters. The minimum atomic E-state index is -0.0926. The maximum absolute atomic E-state index is 12.7. The molecule has 4 rings (SSSR count). The Kier molecular flexibility index (Phi) is 6.49. The summed E-state index contributed by atoms with van der Waals surface area (Å²) in [4.78, 5) is 27.4. The fraction of sp³-hybridized carbons (Fsp3) is 0.160. The monoisotopic (exact) mass is 446 g/mol. The number of thioether (sulfide) groups is 1. The van der Waals surface area contributed by atoms with E-state index < -0.39 is 0 Å². The first-order valence-corrected chi connectivity index (χ1v) is 11.3. The van der Waals surface area contributed by atoms with Crippen molar-refractivity contribution in [3.05, 3.63) is 82.8 Å². The van der Waals surface area contributed by atoms with Gasteiger partial charge in [0.15, 0.2) is 0 Å². The van der Waals surface area contributed by atoms with E-state index in [1.807, 2.05) is 79.7 Å². The lowest BCUT2D eigenvalue weighted by Crippen LogP contribution is -2.29. The highest BCUT2D eigenvalue weighted by molar-refractivity contribution is 8.26. The van der Waals surface area contributed by atoms with Gasteiger partial charge in [0.05, 0.1) is 4.91 Å². The third-order valence-electron chi connectivity index (χ3n) is 5.10. The van der Waals surface area contributed by atoms with Gasteiger partial charge in [0.2, 0.25) is 5.91 Å². The van der Waals surface area contributed by atoms with Gasteiger partial charge in [-0.25, -0.2) is 0 Å². The Morgan fingerprint density at radius 3 is 2.61 bits per heavy atom. The van der Waals surface area contributed by atoms with Crippen LogP contribution in [0.4, 0.5) is 5.69 Å². The van der Waals surface area contributed by atoms with Gasteiger partial charge < -0.3 is 5.32 Å². The highest BCUT2D eigenvalue weighted by Gasteiger charge is 2.31. The van der Waals surface area contributed by atoms with Crippen LogP contribution in [-0.2, 0) is 9.59 Å². The Morgan fingerprint density at radius 1 is 1.06 bits per heavy atom. The Hall–Kier alpha value is -2.96. The van der Waals surface area contributed by atoms with E-state index in [1.165, 1.54) is 17.3 Å². The Labute approximate surface area is 191 Å². The topological polar surface area (TPSA) is 49.4 Å². The second-order valence-corrected chi connectivity index (χ2v) is 9.10. The molecule has 0 radical (unpaired) electrons. The number of nitrogens with zero attached hydrogens (tertiary/aromatic N) is 1. The van der Waals surface area contributed by atoms with E-state index in [1.54, 1.807) is 4.90 Å². The quantitative estimate of drug-likeness (QED) is 0.386. The van der Waals surface area contributed by atoms with Gasteiger partial charge in [-0.15, -0.1) is 0 Å². The van der Waals surface area contributed by atoms with Crippen molar-refractivity contribution >= 4 is 62.7 Å². The van der Waals surface area contributed by atoms with Crippen LogP contribution in [0.15, 0.2) is 71.6 Å². The molecule has 2 amide bonds. The molecule has 0 aromatic heterocycles. The number of fused-ring (bicyclic) bond motifs is 1. The molecule has 3 aromatic rings. The molecule has 0 spiro atoms. The number of nitrogens with one attached hydrogen (secondary N) is 1. The molecule has 1 aliphatic rings. The van der Waals surface area contributed by atoms with Gasteiger partial charge in [0.1, 0.15) is 4.32 Å². The van der Waals surface area contributed by atoms with E-state index in [-0.39, 0.29) is 11.8 Å². The first-order valence-electron chi connectivity index (χ1n) is 10.1. The molecule has 0 atom stereocenters. The largest absolute Gasteiger partial charge is 0.326 e. The van der Waals surface area contributed by atoms with Gasteiger partial charge in [-0.2, -0.15) is 0 Å². The first-order chi connectivity index (χ1) is 15.0. The lowest BCUT2D eigenvalue weighted by atomic mass is 10.1. The third-order valence-corrected chi connectivity index (χ3v) is 6.48. The van der Waals surface area contributed by atoms with Crippen molar-refractivity contribution in [3.63, 3.8) is 0 Å². The number of thiocarbonyl (C=S) groups is 1. The summed E-state index contributed by atoms with van der Waals surface area (Å²) in [5.74, 6) is -0.165. The van der Waals surface area contributed by atoms with Crippen LogP contribution in [0, 0.1) is 6.92 Å². The highest BCUT2D eigenvalue weighted by atomic mass is 32.2. The van der Waals surface area contributed by atoms with Crippen molar-refractivity contribution in [2.75, 3.05) is 11.9 Å². The fourth-order valence-corrected chi connectivity index (χ4v) is 4.76. The Bertz CT molecular complexity index is 1180. The lowest BCUT2D eigenvalue weighted by Gasteiger charge is -2.14. The van der Waals surface area contributed by atoms with E-state index in [0.29, 0.717) is 28.6 Å². The van der Waals surface area contributed by atoms with E-state index in [4.69, 9.17) is 12.2 Å². The molecule has 156 valence electrons. The average molecular weight is 447 g/mol. The zero-order valence-corrected chi connectivity index (χ0v) is 18.8. The van der Waals surface area contributed by atoms with E-state index in [2.05, 4.69) is 5.32 Å². The van der Waals surface area contributed by atoms with Gasteiger partial charge in [0.25, 0.3) is 5.91 Å². The second-order valence-electron chi connectivity index (χ2n) is 7.42. The molecule has 0 saturated carbocycles. The zero-order chi connectivity index (χ0) is 21.8. The minimum Gasteiger partial charge on any atom is -0.326 e. The molecule has 3 aromatic carbocycles. The maximum Gasteiger partial charge on any atom is 0.266 e. The van der Waals surface area contributed by atoms with Crippen LogP contribution in [0.25, 0.3) is 16.8 Å². The number of hydrogen-bond acceptors (Lipinski definition) is 4. The Balaban J connectivity index is 1.33. The standard InChI is InChI=1S/C25H22N2O2S2/c1-17-11-13-18(14-12-17)16-22-24(29)27(25(30)31-22)15-5-10-23(28)26-21-9-4-7-19-6-2-3-8-20(19)21/h2-4,6-9,11-14,16H,5,10,15H2,1H3,(H,26,28)/b22-16+. The van der Waals surface area contributed by atoms with Crippen molar-refractivity contribution in [2.24, 2.45) is 0 Å². The third kappa shape index (κ3) is 5.03. The summed E-state index contributed by atoms with van der Waals surface area (Å²) < 4.78 is 0.540. The van der Waals surface area contributed by atoms with Crippen molar-refractivity contribution in [3.8, 4) is 0 Å². The lowest BCUT2D eigenvalue weighted by molar-refractivity contribution is -0.122. The number of amides is 2. The summed E-state index contributed by atoms with van der Waals surface area (Å²) in [6.45, 7) is 2.46. The molecular weight excluding hydrogens is 424 g/mol. The van der Waals surface area contributed by atoms with Crippen molar-refractivity contribution < 1.29 is 9.59 Å². The van der Waals surface area contributed by atoms with E-state index in [9.17, 15) is 9.59 Å². The molecule has 1 saturated heterocycles. The summed E-state index contributed by atoms with van der Waals surface area (Å²) in [6.07, 6.45) is 2.73. The van der Waals surface area contributed by atoms with Crippen LogP contribution in [0.2, 0.25) is 0 Å². The van der Waals surface area contributed by atoms with Gasteiger partial charge in [-0.05, 0) is 36.4 Å². The van der Waals surface area contributed by atoms with Crippen LogP contribution >= 0.6 is 24.0 Å². The van der Waals surface area contributed by atoms with Crippen molar-refractivity contribution in [1.29, 1.82) is 0 Å². The predicted octanol–water partition coefficient (Wildman–Crippen LogP) is 5.77. The summed E-state index contributed by atoms with van der Waals surface area (Å²) in [6, 6.07) is 21.8.